The number of amides is 2. The van der Waals surface area contributed by atoms with Gasteiger partial charge in [0.25, 0.3) is 0 Å². The monoisotopic (exact) mass is 420 g/mol. The van der Waals surface area contributed by atoms with Gasteiger partial charge in [0.05, 0.1) is 18.6 Å². The van der Waals surface area contributed by atoms with Crippen molar-refractivity contribution in [3.8, 4) is 0 Å². The number of rotatable bonds is 7. The summed E-state index contributed by atoms with van der Waals surface area (Å²) in [5, 5.41) is 2.76. The molecule has 0 saturated carbocycles. The molecule has 0 aliphatic carbocycles. The third-order valence-corrected chi connectivity index (χ3v) is 4.45. The van der Waals surface area contributed by atoms with Crippen LogP contribution in [0.3, 0.4) is 0 Å². The number of esters is 1. The van der Waals surface area contributed by atoms with Gasteiger partial charge in [-0.1, -0.05) is 0 Å². The molecule has 1 saturated heterocycles. The Hall–Kier alpha value is -2.61. The van der Waals surface area contributed by atoms with Crippen molar-refractivity contribution >= 4 is 23.7 Å². The normalized spacial score (nSPS) is 14.9. The molecule has 0 unspecified atom stereocenters. The molecular formula is C22H32N2O6. The highest BCUT2D eigenvalue weighted by atomic mass is 16.6. The van der Waals surface area contributed by atoms with E-state index in [1.54, 1.807) is 29.2 Å². The van der Waals surface area contributed by atoms with Crippen LogP contribution in [0.15, 0.2) is 24.3 Å². The van der Waals surface area contributed by atoms with Gasteiger partial charge in [-0.3, -0.25) is 4.79 Å². The number of ether oxygens (including phenoxy) is 3. The van der Waals surface area contributed by atoms with Crippen molar-refractivity contribution in [3.05, 3.63) is 29.8 Å². The van der Waals surface area contributed by atoms with Crippen molar-refractivity contribution in [3.63, 3.8) is 0 Å². The number of piperidine rings is 1. The van der Waals surface area contributed by atoms with Crippen molar-refractivity contribution in [2.45, 2.75) is 58.7 Å². The van der Waals surface area contributed by atoms with Crippen molar-refractivity contribution in [2.24, 2.45) is 0 Å². The van der Waals surface area contributed by atoms with Crippen LogP contribution >= 0.6 is 0 Å². The zero-order valence-electron chi connectivity index (χ0n) is 18.2. The van der Waals surface area contributed by atoms with Crippen LogP contribution < -0.4 is 5.32 Å². The Morgan fingerprint density at radius 3 is 2.30 bits per heavy atom. The number of hydrogen-bond donors (Lipinski definition) is 1. The maximum atomic E-state index is 12.4. The van der Waals surface area contributed by atoms with E-state index < -0.39 is 11.6 Å². The molecule has 30 heavy (non-hydrogen) atoms. The highest BCUT2D eigenvalue weighted by Crippen LogP contribution is 2.19. The van der Waals surface area contributed by atoms with Gasteiger partial charge in [0, 0.05) is 38.2 Å². The Labute approximate surface area is 177 Å². The van der Waals surface area contributed by atoms with E-state index in [9.17, 15) is 14.4 Å². The van der Waals surface area contributed by atoms with Crippen molar-refractivity contribution in [1.82, 2.24) is 4.90 Å². The number of nitrogens with zero attached hydrogens (tertiary/aromatic N) is 1. The van der Waals surface area contributed by atoms with Gasteiger partial charge in [-0.05, 0) is 52.0 Å². The fourth-order valence-electron chi connectivity index (χ4n) is 2.92. The van der Waals surface area contributed by atoms with E-state index in [0.29, 0.717) is 50.4 Å². The second-order valence-corrected chi connectivity index (χ2v) is 8.14. The van der Waals surface area contributed by atoms with Crippen LogP contribution in [0.4, 0.5) is 10.5 Å². The van der Waals surface area contributed by atoms with Gasteiger partial charge in [0.15, 0.2) is 0 Å². The number of carbonyl (C=O) groups is 3. The van der Waals surface area contributed by atoms with E-state index in [4.69, 9.17) is 14.2 Å². The Morgan fingerprint density at radius 1 is 1.10 bits per heavy atom. The van der Waals surface area contributed by atoms with Crippen LogP contribution in [0.2, 0.25) is 0 Å². The number of benzene rings is 1. The molecule has 8 heteroatoms. The third kappa shape index (κ3) is 8.02. The fraction of sp³-hybridized carbons (Fsp3) is 0.591. The Kier molecular flexibility index (Phi) is 8.65. The fourth-order valence-corrected chi connectivity index (χ4v) is 2.92. The standard InChI is InChI=1S/C22H32N2O6/c1-5-28-15-12-19(25)23-17-8-6-16(7-9-17)20(26)29-18-10-13-24(14-11-18)21(27)30-22(2,3)4/h6-9,18H,5,10-15H2,1-4H3,(H,23,25). The molecule has 166 valence electrons. The second kappa shape index (κ2) is 11.0. The molecule has 1 aromatic rings. The Balaban J connectivity index is 1.77. The Morgan fingerprint density at radius 2 is 1.73 bits per heavy atom. The van der Waals surface area contributed by atoms with Gasteiger partial charge in [0.1, 0.15) is 11.7 Å². The average Bonchev–Trinajstić information content (AvgIpc) is 2.68. The summed E-state index contributed by atoms with van der Waals surface area (Å²) >= 11 is 0. The molecule has 1 heterocycles. The van der Waals surface area contributed by atoms with E-state index >= 15 is 0 Å². The van der Waals surface area contributed by atoms with Gasteiger partial charge < -0.3 is 24.4 Å². The first-order valence-corrected chi connectivity index (χ1v) is 10.3. The minimum Gasteiger partial charge on any atom is -0.459 e. The lowest BCUT2D eigenvalue weighted by atomic mass is 10.1. The van der Waals surface area contributed by atoms with Gasteiger partial charge in [-0.15, -0.1) is 0 Å². The minimum atomic E-state index is -0.532. The molecule has 0 aromatic heterocycles. The molecule has 2 rings (SSSR count). The molecule has 1 aliphatic rings. The molecule has 1 aromatic carbocycles. The molecule has 0 radical (unpaired) electrons. The molecule has 2 amide bonds. The number of carbonyl (C=O) groups excluding carboxylic acids is 3. The largest absolute Gasteiger partial charge is 0.459 e. The van der Waals surface area contributed by atoms with Crippen molar-refractivity contribution < 1.29 is 28.6 Å². The highest BCUT2D eigenvalue weighted by Gasteiger charge is 2.28. The molecule has 8 nitrogen and oxygen atoms in total. The first kappa shape index (κ1) is 23.7. The number of nitrogens with one attached hydrogen (secondary N) is 1. The lowest BCUT2D eigenvalue weighted by molar-refractivity contribution is -0.117. The van der Waals surface area contributed by atoms with Gasteiger partial charge >= 0.3 is 12.1 Å². The molecular weight excluding hydrogens is 388 g/mol. The highest BCUT2D eigenvalue weighted by molar-refractivity contribution is 5.93. The van der Waals surface area contributed by atoms with Crippen LogP contribution in [0.1, 0.15) is 57.3 Å². The number of anilines is 1. The van der Waals surface area contributed by atoms with Crippen LogP contribution in [0, 0.1) is 0 Å². The lowest BCUT2D eigenvalue weighted by Gasteiger charge is -2.33. The zero-order valence-corrected chi connectivity index (χ0v) is 18.2. The number of likely N-dealkylation sites (tertiary alicyclic amines) is 1. The van der Waals surface area contributed by atoms with E-state index in [1.807, 2.05) is 27.7 Å². The van der Waals surface area contributed by atoms with Crippen LogP contribution in [-0.2, 0) is 19.0 Å². The second-order valence-electron chi connectivity index (χ2n) is 8.14. The summed E-state index contributed by atoms with van der Waals surface area (Å²) in [4.78, 5) is 37.9. The molecule has 0 spiro atoms. The first-order chi connectivity index (χ1) is 14.2. The zero-order chi connectivity index (χ0) is 22.1. The summed E-state index contributed by atoms with van der Waals surface area (Å²) in [6, 6.07) is 6.58. The van der Waals surface area contributed by atoms with E-state index in [0.717, 1.165) is 0 Å². The Bertz CT molecular complexity index is 718. The average molecular weight is 421 g/mol. The molecule has 1 aliphatic heterocycles. The predicted octanol–water partition coefficient (Wildman–Crippen LogP) is 3.61. The number of hydrogen-bond acceptors (Lipinski definition) is 6. The summed E-state index contributed by atoms with van der Waals surface area (Å²) < 4.78 is 16.1. The third-order valence-electron chi connectivity index (χ3n) is 4.45. The van der Waals surface area contributed by atoms with Gasteiger partial charge in [-0.2, -0.15) is 0 Å². The van der Waals surface area contributed by atoms with Gasteiger partial charge in [0.2, 0.25) is 5.91 Å². The molecule has 1 N–H and O–H groups in total. The summed E-state index contributed by atoms with van der Waals surface area (Å²) in [6.45, 7) is 9.29. The van der Waals surface area contributed by atoms with E-state index in [2.05, 4.69) is 5.32 Å². The summed E-state index contributed by atoms with van der Waals surface area (Å²) in [7, 11) is 0. The van der Waals surface area contributed by atoms with Crippen molar-refractivity contribution in [1.29, 1.82) is 0 Å². The smallest absolute Gasteiger partial charge is 0.410 e. The summed E-state index contributed by atoms with van der Waals surface area (Å²) in [5.41, 5.74) is 0.491. The van der Waals surface area contributed by atoms with E-state index in [-0.39, 0.29) is 24.5 Å². The minimum absolute atomic E-state index is 0.143. The summed E-state index contributed by atoms with van der Waals surface area (Å²) in [6.07, 6.45) is 0.831. The maximum Gasteiger partial charge on any atom is 0.410 e. The molecule has 1 fully saturated rings. The maximum absolute atomic E-state index is 12.4. The quantitative estimate of drug-likeness (QED) is 0.535. The SMILES string of the molecule is CCOCCC(=O)Nc1ccc(C(=O)OC2CCN(C(=O)OC(C)(C)C)CC2)cc1. The van der Waals surface area contributed by atoms with Crippen molar-refractivity contribution in [2.75, 3.05) is 31.6 Å². The van der Waals surface area contributed by atoms with Gasteiger partial charge in [-0.25, -0.2) is 9.59 Å². The van der Waals surface area contributed by atoms with Crippen LogP contribution in [-0.4, -0.2) is 60.9 Å². The first-order valence-electron chi connectivity index (χ1n) is 10.3. The molecule has 0 atom stereocenters. The van der Waals surface area contributed by atoms with Crippen LogP contribution in [0.5, 0.6) is 0 Å². The topological polar surface area (TPSA) is 94.2 Å². The predicted molar refractivity (Wildman–Crippen MR) is 112 cm³/mol. The van der Waals surface area contributed by atoms with E-state index in [1.165, 1.54) is 0 Å². The van der Waals surface area contributed by atoms with Crippen LogP contribution in [0.25, 0.3) is 0 Å². The lowest BCUT2D eigenvalue weighted by Crippen LogP contribution is -2.43. The molecule has 0 bridgehead atoms. The summed E-state index contributed by atoms with van der Waals surface area (Å²) in [5.74, 6) is -0.560.